The van der Waals surface area contributed by atoms with Gasteiger partial charge in [0.15, 0.2) is 0 Å². The van der Waals surface area contributed by atoms with Gasteiger partial charge in [0.2, 0.25) is 0 Å². The highest BCUT2D eigenvalue weighted by molar-refractivity contribution is 5.96. The number of H-pyrrole nitrogens is 2. The molecule has 0 unspecified atom stereocenters. The number of hydrogen-bond acceptors (Lipinski definition) is 5. The number of fused-ring (bicyclic) bond motifs is 8. The zero-order valence-electron chi connectivity index (χ0n) is 28.8. The summed E-state index contributed by atoms with van der Waals surface area (Å²) in [4.78, 5) is 17.9. The summed E-state index contributed by atoms with van der Waals surface area (Å²) in [5.41, 5.74) is 13.7. The summed E-state index contributed by atoms with van der Waals surface area (Å²) < 4.78 is 17.5. The average Bonchev–Trinajstić information content (AvgIpc) is 3.95. The highest BCUT2D eigenvalue weighted by Crippen LogP contribution is 2.45. The summed E-state index contributed by atoms with van der Waals surface area (Å²) in [6.45, 7) is 4.36. The van der Waals surface area contributed by atoms with Crippen LogP contribution >= 0.6 is 0 Å². The van der Waals surface area contributed by atoms with Crippen molar-refractivity contribution in [1.29, 1.82) is 0 Å². The Balaban J connectivity index is 1.58. The van der Waals surface area contributed by atoms with Gasteiger partial charge in [-0.15, -0.1) is 0 Å². The van der Waals surface area contributed by atoms with E-state index in [0.717, 1.165) is 79.9 Å². The molecule has 2 N–H and O–H groups in total. The van der Waals surface area contributed by atoms with Crippen LogP contribution in [-0.2, 0) is 6.42 Å². The van der Waals surface area contributed by atoms with Gasteiger partial charge in [0.05, 0.1) is 49.7 Å². The van der Waals surface area contributed by atoms with Crippen LogP contribution in [0.3, 0.4) is 0 Å². The SMILES string of the molecule is CCCCCCc1c2nc(c(-c3c(OC)cc(OC)cc3OC)c3ccc(cc4nc(c(-c5ccc(C)cc5)c5ccc1[nH]5)C=C4)[nH]3)C=C2. The van der Waals surface area contributed by atoms with Gasteiger partial charge < -0.3 is 24.2 Å². The molecule has 0 spiro atoms. The minimum atomic E-state index is 0.629. The van der Waals surface area contributed by atoms with Gasteiger partial charge in [-0.05, 0) is 80.0 Å². The van der Waals surface area contributed by atoms with Gasteiger partial charge in [-0.2, -0.15) is 0 Å². The lowest BCUT2D eigenvalue weighted by Crippen LogP contribution is -1.97. The highest BCUT2D eigenvalue weighted by Gasteiger charge is 2.22. The molecule has 5 aromatic rings. The number of ether oxygens (including phenoxy) is 3. The van der Waals surface area contributed by atoms with Crippen molar-refractivity contribution >= 4 is 46.4 Å². The van der Waals surface area contributed by atoms with Gasteiger partial charge in [0.25, 0.3) is 0 Å². The molecule has 2 aromatic carbocycles. The minimum Gasteiger partial charge on any atom is -0.496 e. The number of nitrogens with one attached hydrogen (secondary N) is 2. The maximum Gasteiger partial charge on any atom is 0.134 e. The molecule has 2 aliphatic rings. The zero-order valence-corrected chi connectivity index (χ0v) is 28.8. The van der Waals surface area contributed by atoms with E-state index >= 15 is 0 Å². The summed E-state index contributed by atoms with van der Waals surface area (Å²) in [7, 11) is 4.97. The second-order valence-electron chi connectivity index (χ2n) is 12.5. The van der Waals surface area contributed by atoms with Crippen LogP contribution in [0, 0.1) is 6.92 Å². The molecule has 0 aliphatic carbocycles. The standard InChI is InChI=1S/C42H42N4O3/c1-6-7-8-9-10-31-32-19-21-35(45-32)40(27-13-11-26(2)12-14-27)34-17-15-28(43-34)23-29-16-18-36(44-29)41(37-22-20-33(31)46-37)42-38(48-4)24-30(47-3)25-39(42)49-5/h11-25,44-45H,6-10H2,1-5H3. The van der Waals surface area contributed by atoms with Crippen molar-refractivity contribution in [1.82, 2.24) is 19.9 Å². The lowest BCUT2D eigenvalue weighted by molar-refractivity contribution is 0.377. The number of nitrogens with zero attached hydrogens (tertiary/aromatic N) is 2. The topological polar surface area (TPSA) is 85.0 Å². The Bertz CT molecular complexity index is 2210. The molecule has 0 atom stereocenters. The number of unbranched alkanes of at least 4 members (excludes halogenated alkanes) is 3. The molecule has 2 aliphatic heterocycles. The third-order valence-corrected chi connectivity index (χ3v) is 9.27. The molecule has 7 rings (SSSR count). The quantitative estimate of drug-likeness (QED) is 0.144. The Hall–Kier alpha value is -5.56. The fourth-order valence-electron chi connectivity index (χ4n) is 6.73. The average molecular weight is 651 g/mol. The second kappa shape index (κ2) is 13.9. The molecule has 248 valence electrons. The highest BCUT2D eigenvalue weighted by atomic mass is 16.5. The van der Waals surface area contributed by atoms with Crippen LogP contribution in [0.5, 0.6) is 17.2 Å². The van der Waals surface area contributed by atoms with E-state index in [1.54, 1.807) is 21.3 Å². The Kier molecular flexibility index (Phi) is 9.07. The first-order valence-electron chi connectivity index (χ1n) is 17.0. The summed E-state index contributed by atoms with van der Waals surface area (Å²) in [6, 6.07) is 23.0. The van der Waals surface area contributed by atoms with Crippen molar-refractivity contribution in [2.45, 2.75) is 46.0 Å². The largest absolute Gasteiger partial charge is 0.496 e. The van der Waals surface area contributed by atoms with Gasteiger partial charge in [0.1, 0.15) is 17.2 Å². The number of rotatable bonds is 10. The maximum atomic E-state index is 5.96. The number of methoxy groups -OCH3 is 3. The Labute approximate surface area is 287 Å². The number of aromatic amines is 2. The molecule has 49 heavy (non-hydrogen) atoms. The molecule has 7 nitrogen and oxygen atoms in total. The molecule has 8 bridgehead atoms. The molecule has 0 amide bonds. The van der Waals surface area contributed by atoms with E-state index in [-0.39, 0.29) is 0 Å². The van der Waals surface area contributed by atoms with Crippen LogP contribution in [0.4, 0.5) is 0 Å². The minimum absolute atomic E-state index is 0.629. The first-order valence-corrected chi connectivity index (χ1v) is 17.0. The van der Waals surface area contributed by atoms with Crippen LogP contribution in [0.15, 0.2) is 66.7 Å². The molecular weight excluding hydrogens is 608 g/mol. The van der Waals surface area contributed by atoms with Gasteiger partial charge in [0, 0.05) is 50.9 Å². The van der Waals surface area contributed by atoms with E-state index < -0.39 is 0 Å². The fraction of sp³-hybridized carbons (Fsp3) is 0.238. The van der Waals surface area contributed by atoms with Crippen LogP contribution in [0.1, 0.15) is 66.5 Å². The van der Waals surface area contributed by atoms with E-state index in [9.17, 15) is 0 Å². The Morgan fingerprint density at radius 1 is 0.592 bits per heavy atom. The number of benzene rings is 2. The predicted octanol–water partition coefficient (Wildman–Crippen LogP) is 10.4. The van der Waals surface area contributed by atoms with Crippen molar-refractivity contribution in [3.8, 4) is 39.5 Å². The van der Waals surface area contributed by atoms with Crippen molar-refractivity contribution in [3.05, 3.63) is 101 Å². The molecule has 0 radical (unpaired) electrons. The maximum absolute atomic E-state index is 5.96. The van der Waals surface area contributed by atoms with Gasteiger partial charge in [-0.25, -0.2) is 9.97 Å². The van der Waals surface area contributed by atoms with Crippen LogP contribution in [0.25, 0.3) is 68.6 Å². The molecule has 0 saturated carbocycles. The second-order valence-corrected chi connectivity index (χ2v) is 12.5. The number of hydrogen-bond donors (Lipinski definition) is 2. The fourth-order valence-corrected chi connectivity index (χ4v) is 6.73. The van der Waals surface area contributed by atoms with Gasteiger partial charge in [-0.1, -0.05) is 56.0 Å². The van der Waals surface area contributed by atoms with Crippen molar-refractivity contribution < 1.29 is 14.2 Å². The van der Waals surface area contributed by atoms with E-state index in [4.69, 9.17) is 24.2 Å². The molecular formula is C42H42N4O3. The smallest absolute Gasteiger partial charge is 0.134 e. The summed E-state index contributed by atoms with van der Waals surface area (Å²) in [6.07, 6.45) is 14.0. The number of aryl methyl sites for hydroxylation is 2. The number of aromatic nitrogens is 4. The molecule has 0 fully saturated rings. The monoisotopic (exact) mass is 650 g/mol. The zero-order chi connectivity index (χ0) is 33.9. The Morgan fingerprint density at radius 3 is 2.00 bits per heavy atom. The summed E-state index contributed by atoms with van der Waals surface area (Å²) in [5, 5.41) is 0. The predicted molar refractivity (Wildman–Crippen MR) is 202 cm³/mol. The third kappa shape index (κ3) is 6.36. The molecule has 7 heteroatoms. The van der Waals surface area contributed by atoms with Crippen LogP contribution in [0.2, 0.25) is 0 Å². The van der Waals surface area contributed by atoms with E-state index in [0.29, 0.717) is 17.2 Å². The van der Waals surface area contributed by atoms with Crippen molar-refractivity contribution in [3.63, 3.8) is 0 Å². The van der Waals surface area contributed by atoms with Crippen LogP contribution in [-0.4, -0.2) is 41.3 Å². The van der Waals surface area contributed by atoms with Crippen molar-refractivity contribution in [2.24, 2.45) is 0 Å². The molecule has 3 aromatic heterocycles. The molecule has 5 heterocycles. The van der Waals surface area contributed by atoms with E-state index in [2.05, 4.69) is 103 Å². The van der Waals surface area contributed by atoms with Crippen LogP contribution < -0.4 is 14.2 Å². The lowest BCUT2D eigenvalue weighted by atomic mass is 10.0. The first-order chi connectivity index (χ1) is 24.0. The summed E-state index contributed by atoms with van der Waals surface area (Å²) >= 11 is 0. The first kappa shape index (κ1) is 32.0. The van der Waals surface area contributed by atoms with Gasteiger partial charge in [-0.3, -0.25) is 0 Å². The van der Waals surface area contributed by atoms with Crippen molar-refractivity contribution in [2.75, 3.05) is 21.3 Å². The third-order valence-electron chi connectivity index (χ3n) is 9.27. The van der Waals surface area contributed by atoms with E-state index in [1.165, 1.54) is 30.4 Å². The molecule has 0 saturated heterocycles. The summed E-state index contributed by atoms with van der Waals surface area (Å²) in [5.74, 6) is 1.90. The van der Waals surface area contributed by atoms with Gasteiger partial charge >= 0.3 is 0 Å². The van der Waals surface area contributed by atoms with E-state index in [1.807, 2.05) is 12.1 Å². The lowest BCUT2D eigenvalue weighted by Gasteiger charge is -2.16. The normalized spacial score (nSPS) is 12.0. The Morgan fingerprint density at radius 2 is 1.27 bits per heavy atom.